The maximum absolute atomic E-state index is 5.32. The normalized spacial score (nSPS) is 10.5. The fourth-order valence-electron chi connectivity index (χ4n) is 1.87. The molecule has 0 saturated carbocycles. The molecule has 1 N–H and O–H groups in total. The lowest BCUT2D eigenvalue weighted by Crippen LogP contribution is -2.04. The van der Waals surface area contributed by atoms with Gasteiger partial charge in [-0.1, -0.05) is 6.92 Å². The second-order valence-electron chi connectivity index (χ2n) is 4.16. The van der Waals surface area contributed by atoms with Crippen molar-refractivity contribution in [2.24, 2.45) is 7.05 Å². The van der Waals surface area contributed by atoms with Gasteiger partial charge >= 0.3 is 0 Å². The molecule has 0 amide bonds. The van der Waals surface area contributed by atoms with Crippen molar-refractivity contribution in [2.45, 2.75) is 26.8 Å². The van der Waals surface area contributed by atoms with E-state index in [1.807, 2.05) is 24.9 Å². The number of aryl methyl sites for hydroxylation is 2. The molecule has 0 bridgehead atoms. The van der Waals surface area contributed by atoms with Gasteiger partial charge in [0.2, 0.25) is 5.88 Å². The van der Waals surface area contributed by atoms with E-state index in [9.17, 15) is 0 Å². The molecule has 2 rings (SSSR count). The predicted octanol–water partition coefficient (Wildman–Crippen LogP) is 1.78. The summed E-state index contributed by atoms with van der Waals surface area (Å²) in [6.07, 6.45) is 6.23. The molecule has 0 fully saturated rings. The summed E-state index contributed by atoms with van der Waals surface area (Å²) < 4.78 is 7.15. The molecule has 0 radical (unpaired) electrons. The van der Waals surface area contributed by atoms with Crippen LogP contribution in [0.1, 0.15) is 25.1 Å². The Morgan fingerprint density at radius 2 is 2.16 bits per heavy atom. The topological polar surface area (TPSA) is 64.9 Å². The molecule has 19 heavy (non-hydrogen) atoms. The van der Waals surface area contributed by atoms with Crippen molar-refractivity contribution in [1.29, 1.82) is 0 Å². The molecule has 6 nitrogen and oxygen atoms in total. The number of hydrogen-bond acceptors (Lipinski definition) is 5. The fraction of sp³-hybridized carbons (Fsp3) is 0.462. The lowest BCUT2D eigenvalue weighted by molar-refractivity contribution is 0.325. The quantitative estimate of drug-likeness (QED) is 0.858. The van der Waals surface area contributed by atoms with Crippen LogP contribution in [0.5, 0.6) is 5.88 Å². The van der Waals surface area contributed by atoms with Crippen LogP contribution < -0.4 is 10.1 Å². The van der Waals surface area contributed by atoms with Crippen LogP contribution in [0.15, 0.2) is 18.6 Å². The van der Waals surface area contributed by atoms with Crippen molar-refractivity contribution in [3.63, 3.8) is 0 Å². The zero-order valence-corrected chi connectivity index (χ0v) is 11.6. The Morgan fingerprint density at radius 1 is 1.32 bits per heavy atom. The van der Waals surface area contributed by atoms with Gasteiger partial charge in [0.1, 0.15) is 5.82 Å². The van der Waals surface area contributed by atoms with Crippen molar-refractivity contribution in [3.8, 4) is 5.88 Å². The lowest BCUT2D eigenvalue weighted by Gasteiger charge is -2.06. The smallest absolute Gasteiger partial charge is 0.234 e. The van der Waals surface area contributed by atoms with Crippen molar-refractivity contribution in [3.05, 3.63) is 29.8 Å². The van der Waals surface area contributed by atoms with Crippen LogP contribution in [-0.4, -0.2) is 26.4 Å². The molecule has 0 spiro atoms. The molecular weight excluding hydrogens is 242 g/mol. The Balaban J connectivity index is 2.03. The van der Waals surface area contributed by atoms with Gasteiger partial charge in [-0.2, -0.15) is 10.1 Å². The van der Waals surface area contributed by atoms with Gasteiger partial charge in [0.15, 0.2) is 0 Å². The number of anilines is 1. The van der Waals surface area contributed by atoms with Crippen molar-refractivity contribution >= 4 is 5.82 Å². The molecule has 0 aromatic carbocycles. The second-order valence-corrected chi connectivity index (χ2v) is 4.16. The average Bonchev–Trinajstić information content (AvgIpc) is 2.78. The third-order valence-electron chi connectivity index (χ3n) is 2.69. The Labute approximate surface area is 112 Å². The maximum Gasteiger partial charge on any atom is 0.234 e. The van der Waals surface area contributed by atoms with Crippen molar-refractivity contribution in [1.82, 2.24) is 19.7 Å². The molecule has 0 aliphatic carbocycles. The predicted molar refractivity (Wildman–Crippen MR) is 73.1 cm³/mol. The number of hydrogen-bond donors (Lipinski definition) is 1. The fourth-order valence-corrected chi connectivity index (χ4v) is 1.87. The van der Waals surface area contributed by atoms with Gasteiger partial charge in [-0.25, -0.2) is 0 Å². The summed E-state index contributed by atoms with van der Waals surface area (Å²) >= 11 is 0. The summed E-state index contributed by atoms with van der Waals surface area (Å²) in [5.41, 5.74) is 2.28. The minimum atomic E-state index is 0.536. The molecule has 0 aliphatic heterocycles. The molecule has 2 heterocycles. The summed E-state index contributed by atoms with van der Waals surface area (Å²) in [5.74, 6) is 1.24. The molecule has 0 atom stereocenters. The third kappa shape index (κ3) is 3.43. The number of nitrogens with zero attached hydrogens (tertiary/aromatic N) is 4. The Morgan fingerprint density at radius 3 is 2.89 bits per heavy atom. The van der Waals surface area contributed by atoms with Crippen LogP contribution in [-0.2, 0) is 20.0 Å². The molecule has 6 heteroatoms. The van der Waals surface area contributed by atoms with Gasteiger partial charge in [-0.3, -0.25) is 9.67 Å². The van der Waals surface area contributed by atoms with E-state index in [-0.39, 0.29) is 0 Å². The number of aromatic nitrogens is 4. The number of ether oxygens (including phenoxy) is 1. The summed E-state index contributed by atoms with van der Waals surface area (Å²) in [7, 11) is 1.93. The highest BCUT2D eigenvalue weighted by Crippen LogP contribution is 2.12. The van der Waals surface area contributed by atoms with Gasteiger partial charge in [0.05, 0.1) is 24.7 Å². The van der Waals surface area contributed by atoms with Gasteiger partial charge < -0.3 is 10.1 Å². The average molecular weight is 261 g/mol. The van der Waals surface area contributed by atoms with Crippen molar-refractivity contribution < 1.29 is 4.74 Å². The standard InChI is InChI=1S/C13H19N5O/c1-4-11-10(9-18(3)17-11)6-15-12-7-14-8-13(16-12)19-5-2/h7-9H,4-6H2,1-3H3,(H,15,16). The minimum absolute atomic E-state index is 0.536. The summed E-state index contributed by atoms with van der Waals surface area (Å²) in [6.45, 7) is 5.29. The first kappa shape index (κ1) is 13.3. The number of nitrogens with one attached hydrogen (secondary N) is 1. The van der Waals surface area contributed by atoms with E-state index >= 15 is 0 Å². The zero-order chi connectivity index (χ0) is 13.7. The molecule has 0 unspecified atom stereocenters. The highest BCUT2D eigenvalue weighted by atomic mass is 16.5. The lowest BCUT2D eigenvalue weighted by atomic mass is 10.2. The first-order valence-electron chi connectivity index (χ1n) is 6.43. The highest BCUT2D eigenvalue weighted by molar-refractivity contribution is 5.35. The Bertz CT molecular complexity index is 538. The van der Waals surface area contributed by atoms with Gasteiger partial charge in [-0.05, 0) is 13.3 Å². The van der Waals surface area contributed by atoms with E-state index < -0.39 is 0 Å². The van der Waals surface area contributed by atoms with E-state index in [2.05, 4.69) is 27.3 Å². The van der Waals surface area contributed by atoms with Gasteiger partial charge in [0.25, 0.3) is 0 Å². The molecular formula is C13H19N5O. The summed E-state index contributed by atoms with van der Waals surface area (Å²) in [5, 5.41) is 7.65. The van der Waals surface area contributed by atoms with E-state index in [0.29, 0.717) is 24.8 Å². The highest BCUT2D eigenvalue weighted by Gasteiger charge is 2.06. The molecule has 2 aromatic heterocycles. The van der Waals surface area contributed by atoms with E-state index in [1.165, 1.54) is 5.56 Å². The molecule has 0 aliphatic rings. The molecule has 102 valence electrons. The second kappa shape index (κ2) is 6.17. The summed E-state index contributed by atoms with van der Waals surface area (Å²) in [6, 6.07) is 0. The molecule has 2 aromatic rings. The zero-order valence-electron chi connectivity index (χ0n) is 11.6. The van der Waals surface area contributed by atoms with Crippen LogP contribution in [0.25, 0.3) is 0 Å². The maximum atomic E-state index is 5.32. The van der Waals surface area contributed by atoms with Crippen LogP contribution in [0.3, 0.4) is 0 Å². The van der Waals surface area contributed by atoms with Crippen LogP contribution in [0.4, 0.5) is 5.82 Å². The van der Waals surface area contributed by atoms with Crippen LogP contribution in [0.2, 0.25) is 0 Å². The van der Waals surface area contributed by atoms with Crippen LogP contribution in [0, 0.1) is 0 Å². The van der Waals surface area contributed by atoms with E-state index in [1.54, 1.807) is 12.4 Å². The largest absolute Gasteiger partial charge is 0.477 e. The minimum Gasteiger partial charge on any atom is -0.477 e. The molecule has 0 saturated heterocycles. The van der Waals surface area contributed by atoms with Gasteiger partial charge in [0, 0.05) is 25.4 Å². The Hall–Kier alpha value is -2.11. The monoisotopic (exact) mass is 261 g/mol. The van der Waals surface area contributed by atoms with E-state index in [4.69, 9.17) is 4.74 Å². The number of rotatable bonds is 6. The van der Waals surface area contributed by atoms with Crippen LogP contribution >= 0.6 is 0 Å². The first-order valence-corrected chi connectivity index (χ1v) is 6.43. The van der Waals surface area contributed by atoms with Crippen molar-refractivity contribution in [2.75, 3.05) is 11.9 Å². The first-order chi connectivity index (χ1) is 9.22. The Kier molecular flexibility index (Phi) is 4.33. The van der Waals surface area contributed by atoms with Gasteiger partial charge in [-0.15, -0.1) is 0 Å². The SMILES string of the molecule is CCOc1cncc(NCc2cn(C)nc2CC)n1. The summed E-state index contributed by atoms with van der Waals surface area (Å²) in [4.78, 5) is 8.41. The van der Waals surface area contributed by atoms with E-state index in [0.717, 1.165) is 12.1 Å². The third-order valence-corrected chi connectivity index (χ3v) is 2.69.